The van der Waals surface area contributed by atoms with Gasteiger partial charge in [-0.25, -0.2) is 0 Å². The largest absolute Gasteiger partial charge is 0.293 e. The zero-order chi connectivity index (χ0) is 22.7. The normalized spacial score (nSPS) is 14.6. The van der Waals surface area contributed by atoms with Crippen LogP contribution >= 0.6 is 11.8 Å². The van der Waals surface area contributed by atoms with E-state index < -0.39 is 10.8 Å². The lowest BCUT2D eigenvalue weighted by atomic mass is 9.99. The van der Waals surface area contributed by atoms with Gasteiger partial charge in [-0.15, -0.1) is 0 Å². The first kappa shape index (κ1) is 21.0. The van der Waals surface area contributed by atoms with Crippen LogP contribution in [0, 0.1) is 21.4 Å². The summed E-state index contributed by atoms with van der Waals surface area (Å²) >= 11 is 0.840. The Hall–Kier alpha value is -4.22. The van der Waals surface area contributed by atoms with Gasteiger partial charge in [-0.05, 0) is 58.3 Å². The number of nitro groups is 1. The fourth-order valence-electron chi connectivity index (χ4n) is 3.28. The minimum atomic E-state index is -0.498. The van der Waals surface area contributed by atoms with Crippen molar-refractivity contribution in [1.82, 2.24) is 4.90 Å². The molecule has 2 amide bonds. The molecule has 8 heteroatoms. The van der Waals surface area contributed by atoms with Gasteiger partial charge in [0.15, 0.2) is 0 Å². The fraction of sp³-hybridized carbons (Fsp3) is 0.0417. The average molecular weight is 441 g/mol. The fourth-order valence-corrected chi connectivity index (χ4v) is 4.12. The number of nitro benzene ring substituents is 1. The van der Waals surface area contributed by atoms with E-state index in [9.17, 15) is 25.0 Å². The molecule has 3 aromatic rings. The summed E-state index contributed by atoms with van der Waals surface area (Å²) in [4.78, 5) is 36.9. The van der Waals surface area contributed by atoms with Crippen LogP contribution in [0.25, 0.3) is 17.2 Å². The monoisotopic (exact) mass is 441 g/mol. The van der Waals surface area contributed by atoms with Gasteiger partial charge in [0.1, 0.15) is 0 Å². The zero-order valence-electron chi connectivity index (χ0n) is 16.6. The molecule has 0 aliphatic carbocycles. The van der Waals surface area contributed by atoms with E-state index in [4.69, 9.17) is 0 Å². The van der Waals surface area contributed by atoms with Crippen molar-refractivity contribution in [2.24, 2.45) is 0 Å². The van der Waals surface area contributed by atoms with Gasteiger partial charge in [-0.2, -0.15) is 5.26 Å². The Morgan fingerprint density at radius 2 is 1.69 bits per heavy atom. The third-order valence-corrected chi connectivity index (χ3v) is 5.84. The minimum Gasteiger partial charge on any atom is -0.268 e. The third kappa shape index (κ3) is 4.29. The number of amides is 2. The first-order valence-corrected chi connectivity index (χ1v) is 10.4. The lowest BCUT2D eigenvalue weighted by molar-refractivity contribution is -0.384. The lowest BCUT2D eigenvalue weighted by Gasteiger charge is -2.13. The quantitative estimate of drug-likeness (QED) is 0.299. The van der Waals surface area contributed by atoms with Crippen LogP contribution in [0.3, 0.4) is 0 Å². The van der Waals surface area contributed by atoms with E-state index in [-0.39, 0.29) is 22.4 Å². The van der Waals surface area contributed by atoms with Gasteiger partial charge in [-0.3, -0.25) is 24.6 Å². The first-order valence-electron chi connectivity index (χ1n) is 9.54. The number of non-ortho nitro benzene ring substituents is 1. The van der Waals surface area contributed by atoms with E-state index in [0.29, 0.717) is 11.1 Å². The summed E-state index contributed by atoms with van der Waals surface area (Å²) in [5, 5.41) is 19.7. The van der Waals surface area contributed by atoms with Crippen molar-refractivity contribution < 1.29 is 14.5 Å². The second-order valence-electron chi connectivity index (χ2n) is 6.97. The SMILES string of the molecule is N#Cc1ccccc1-c1ccc(CN2C(=O)S/C(=C\c3ccc([N+](=O)[O-])cc3)C2=O)cc1. The summed E-state index contributed by atoms with van der Waals surface area (Å²) in [6, 6.07) is 22.6. The second-order valence-corrected chi connectivity index (χ2v) is 7.96. The van der Waals surface area contributed by atoms with Crippen molar-refractivity contribution >= 4 is 34.7 Å². The Morgan fingerprint density at radius 1 is 1.00 bits per heavy atom. The molecule has 0 unspecified atom stereocenters. The van der Waals surface area contributed by atoms with E-state index in [1.807, 2.05) is 36.4 Å². The molecule has 1 fully saturated rings. The Labute approximate surface area is 187 Å². The molecule has 0 spiro atoms. The maximum Gasteiger partial charge on any atom is 0.293 e. The number of thioether (sulfide) groups is 1. The number of hydrogen-bond donors (Lipinski definition) is 0. The predicted molar refractivity (Wildman–Crippen MR) is 121 cm³/mol. The zero-order valence-corrected chi connectivity index (χ0v) is 17.4. The summed E-state index contributed by atoms with van der Waals surface area (Å²) in [5.74, 6) is -0.405. The van der Waals surface area contributed by atoms with Gasteiger partial charge >= 0.3 is 0 Å². The number of rotatable bonds is 5. The number of nitrogens with zero attached hydrogens (tertiary/aromatic N) is 3. The van der Waals surface area contributed by atoms with E-state index >= 15 is 0 Å². The molecule has 156 valence electrons. The smallest absolute Gasteiger partial charge is 0.268 e. The van der Waals surface area contributed by atoms with E-state index in [0.717, 1.165) is 28.5 Å². The summed E-state index contributed by atoms with van der Waals surface area (Å²) < 4.78 is 0. The van der Waals surface area contributed by atoms with E-state index in [1.165, 1.54) is 29.2 Å². The van der Waals surface area contributed by atoms with Gasteiger partial charge in [0, 0.05) is 12.1 Å². The van der Waals surface area contributed by atoms with Crippen molar-refractivity contribution in [2.45, 2.75) is 6.54 Å². The number of benzene rings is 3. The van der Waals surface area contributed by atoms with Crippen LogP contribution in [0.2, 0.25) is 0 Å². The number of carbonyl (C=O) groups is 2. The molecule has 1 heterocycles. The lowest BCUT2D eigenvalue weighted by Crippen LogP contribution is -2.27. The maximum atomic E-state index is 12.7. The molecule has 0 N–H and O–H groups in total. The van der Waals surface area contributed by atoms with Crippen LogP contribution in [0.15, 0.2) is 77.7 Å². The van der Waals surface area contributed by atoms with Crippen LogP contribution in [0.1, 0.15) is 16.7 Å². The van der Waals surface area contributed by atoms with Gasteiger partial charge in [0.2, 0.25) is 0 Å². The van der Waals surface area contributed by atoms with Crippen molar-refractivity contribution in [1.29, 1.82) is 5.26 Å². The molecule has 32 heavy (non-hydrogen) atoms. The third-order valence-electron chi connectivity index (χ3n) is 4.93. The maximum absolute atomic E-state index is 12.7. The molecular formula is C24H15N3O4S. The summed E-state index contributed by atoms with van der Waals surface area (Å²) in [5.41, 5.74) is 3.60. The number of carbonyl (C=O) groups excluding carboxylic acids is 2. The summed E-state index contributed by atoms with van der Waals surface area (Å²) in [6.45, 7) is 0.127. The highest BCUT2D eigenvalue weighted by atomic mass is 32.2. The Kier molecular flexibility index (Phi) is 5.83. The Bertz CT molecular complexity index is 1290. The molecule has 1 aliphatic heterocycles. The van der Waals surface area contributed by atoms with E-state index in [1.54, 1.807) is 18.2 Å². The molecule has 0 bridgehead atoms. The predicted octanol–water partition coefficient (Wildman–Crippen LogP) is 5.37. The summed E-state index contributed by atoms with van der Waals surface area (Å²) in [7, 11) is 0. The van der Waals surface area contributed by atoms with Crippen LogP contribution in [-0.4, -0.2) is 21.0 Å². The molecule has 1 saturated heterocycles. The highest BCUT2D eigenvalue weighted by Gasteiger charge is 2.35. The van der Waals surface area contributed by atoms with Crippen molar-refractivity contribution in [3.8, 4) is 17.2 Å². The Balaban J connectivity index is 1.50. The van der Waals surface area contributed by atoms with Gasteiger partial charge < -0.3 is 0 Å². The number of imide groups is 1. The van der Waals surface area contributed by atoms with Gasteiger partial charge in [0.25, 0.3) is 16.8 Å². The minimum absolute atomic E-state index is 0.0453. The van der Waals surface area contributed by atoms with Crippen LogP contribution in [0.4, 0.5) is 10.5 Å². The molecule has 0 aromatic heterocycles. The number of nitriles is 1. The first-order chi connectivity index (χ1) is 15.5. The summed E-state index contributed by atoms with van der Waals surface area (Å²) in [6.07, 6.45) is 1.55. The molecule has 4 rings (SSSR count). The van der Waals surface area contributed by atoms with Crippen LogP contribution in [-0.2, 0) is 11.3 Å². The van der Waals surface area contributed by atoms with Gasteiger partial charge in [0.05, 0.1) is 28.0 Å². The Morgan fingerprint density at radius 3 is 2.34 bits per heavy atom. The average Bonchev–Trinajstić information content (AvgIpc) is 3.07. The van der Waals surface area contributed by atoms with Crippen molar-refractivity contribution in [3.63, 3.8) is 0 Å². The van der Waals surface area contributed by atoms with Crippen LogP contribution < -0.4 is 0 Å². The molecule has 0 atom stereocenters. The van der Waals surface area contributed by atoms with E-state index in [2.05, 4.69) is 6.07 Å². The molecule has 3 aromatic carbocycles. The molecule has 0 saturated carbocycles. The van der Waals surface area contributed by atoms with Crippen LogP contribution in [0.5, 0.6) is 0 Å². The van der Waals surface area contributed by atoms with Crippen molar-refractivity contribution in [2.75, 3.05) is 0 Å². The highest BCUT2D eigenvalue weighted by Crippen LogP contribution is 2.34. The highest BCUT2D eigenvalue weighted by molar-refractivity contribution is 8.18. The molecule has 0 radical (unpaired) electrons. The number of hydrogen-bond acceptors (Lipinski definition) is 6. The second kappa shape index (κ2) is 8.88. The standard InChI is InChI=1S/C24H15N3O4S/c25-14-19-3-1-2-4-21(19)18-9-5-17(6-10-18)15-26-23(28)22(32-24(26)29)13-16-7-11-20(12-8-16)27(30)31/h1-13H,15H2/b22-13-. The van der Waals surface area contributed by atoms with Gasteiger partial charge in [-0.1, -0.05) is 42.5 Å². The van der Waals surface area contributed by atoms with Crippen molar-refractivity contribution in [3.05, 3.63) is 105 Å². The molecular weight excluding hydrogens is 426 g/mol. The molecule has 7 nitrogen and oxygen atoms in total. The topological polar surface area (TPSA) is 104 Å². The molecule has 1 aliphatic rings.